The number of carbonyl (C=O) groups is 1. The highest BCUT2D eigenvalue weighted by Gasteiger charge is 2.09. The quantitative estimate of drug-likeness (QED) is 0.535. The Morgan fingerprint density at radius 2 is 2.12 bits per heavy atom. The van der Waals surface area contributed by atoms with Crippen molar-refractivity contribution in [2.24, 2.45) is 0 Å². The summed E-state index contributed by atoms with van der Waals surface area (Å²) in [4.78, 5) is 20.0. The predicted molar refractivity (Wildman–Crippen MR) is 104 cm³/mol. The highest BCUT2D eigenvalue weighted by molar-refractivity contribution is 7.14. The van der Waals surface area contributed by atoms with Gasteiger partial charge in [0.1, 0.15) is 5.01 Å². The smallest absolute Gasteiger partial charge is 0.226 e. The molecule has 3 heterocycles. The molecule has 0 aliphatic heterocycles. The van der Waals surface area contributed by atoms with E-state index in [9.17, 15) is 4.79 Å². The molecule has 0 aliphatic rings. The Morgan fingerprint density at radius 1 is 1.20 bits per heavy atom. The van der Waals surface area contributed by atoms with Crippen molar-refractivity contribution >= 4 is 39.5 Å². The van der Waals surface area contributed by atoms with Crippen LogP contribution in [0.5, 0.6) is 0 Å². The van der Waals surface area contributed by atoms with E-state index in [4.69, 9.17) is 0 Å². The van der Waals surface area contributed by atoms with Crippen molar-refractivity contribution in [3.8, 4) is 10.6 Å². The molecule has 0 aliphatic carbocycles. The van der Waals surface area contributed by atoms with Crippen LogP contribution >= 0.6 is 22.7 Å². The number of hydrogen-bond acceptors (Lipinski definition) is 4. The third-order valence-corrected chi connectivity index (χ3v) is 5.68. The minimum atomic E-state index is 0.0157. The van der Waals surface area contributed by atoms with Crippen molar-refractivity contribution < 1.29 is 4.79 Å². The summed E-state index contributed by atoms with van der Waals surface area (Å²) in [5, 5.41) is 11.3. The van der Waals surface area contributed by atoms with E-state index in [1.54, 1.807) is 22.7 Å². The fraction of sp³-hybridized carbons (Fsp3) is 0.158. The summed E-state index contributed by atoms with van der Waals surface area (Å²) in [6.07, 6.45) is 3.16. The normalized spacial score (nSPS) is 11.0. The first-order chi connectivity index (χ1) is 12.3. The van der Waals surface area contributed by atoms with Gasteiger partial charge in [-0.3, -0.25) is 4.79 Å². The molecule has 0 saturated carbocycles. The number of thiophene rings is 1. The van der Waals surface area contributed by atoms with Gasteiger partial charge in [-0.1, -0.05) is 18.2 Å². The number of benzene rings is 1. The van der Waals surface area contributed by atoms with E-state index in [-0.39, 0.29) is 5.91 Å². The van der Waals surface area contributed by atoms with Crippen LogP contribution in [0.15, 0.2) is 52.7 Å². The third kappa shape index (κ3) is 3.65. The fourth-order valence-corrected chi connectivity index (χ4v) is 4.34. The summed E-state index contributed by atoms with van der Waals surface area (Å²) in [6, 6.07) is 10.3. The van der Waals surface area contributed by atoms with Crippen LogP contribution < -0.4 is 5.32 Å². The topological polar surface area (TPSA) is 57.8 Å². The molecule has 0 spiro atoms. The molecule has 6 heteroatoms. The lowest BCUT2D eigenvalue weighted by molar-refractivity contribution is -0.120. The van der Waals surface area contributed by atoms with Gasteiger partial charge in [0, 0.05) is 40.0 Å². The number of aromatic amines is 1. The lowest BCUT2D eigenvalue weighted by atomic mass is 10.1. The number of aromatic nitrogens is 2. The first-order valence-corrected chi connectivity index (χ1v) is 9.90. The molecule has 4 aromatic rings. The van der Waals surface area contributed by atoms with E-state index in [2.05, 4.69) is 38.9 Å². The highest BCUT2D eigenvalue weighted by atomic mass is 32.1. The van der Waals surface area contributed by atoms with Crippen molar-refractivity contribution in [1.82, 2.24) is 15.3 Å². The Morgan fingerprint density at radius 3 is 3.00 bits per heavy atom. The lowest BCUT2D eigenvalue weighted by Crippen LogP contribution is -2.27. The summed E-state index contributed by atoms with van der Waals surface area (Å²) >= 11 is 3.24. The number of rotatable bonds is 6. The summed E-state index contributed by atoms with van der Waals surface area (Å²) in [5.74, 6) is 0.0157. The van der Waals surface area contributed by atoms with Crippen molar-refractivity contribution in [2.75, 3.05) is 6.54 Å². The van der Waals surface area contributed by atoms with E-state index < -0.39 is 0 Å². The minimum Gasteiger partial charge on any atom is -0.361 e. The highest BCUT2D eigenvalue weighted by Crippen LogP contribution is 2.25. The molecule has 0 saturated heterocycles. The largest absolute Gasteiger partial charge is 0.361 e. The second kappa shape index (κ2) is 7.21. The first kappa shape index (κ1) is 16.1. The van der Waals surface area contributed by atoms with Crippen LogP contribution in [-0.2, 0) is 17.6 Å². The molecular weight excluding hydrogens is 350 g/mol. The van der Waals surface area contributed by atoms with E-state index >= 15 is 0 Å². The lowest BCUT2D eigenvalue weighted by Gasteiger charge is -2.03. The van der Waals surface area contributed by atoms with Crippen LogP contribution in [0.4, 0.5) is 0 Å². The van der Waals surface area contributed by atoms with E-state index in [1.807, 2.05) is 29.1 Å². The van der Waals surface area contributed by atoms with Gasteiger partial charge < -0.3 is 10.3 Å². The van der Waals surface area contributed by atoms with Gasteiger partial charge in [0.2, 0.25) is 5.91 Å². The van der Waals surface area contributed by atoms with Gasteiger partial charge in [-0.15, -0.1) is 11.3 Å². The van der Waals surface area contributed by atoms with Gasteiger partial charge in [0.25, 0.3) is 0 Å². The van der Waals surface area contributed by atoms with Crippen LogP contribution in [0.1, 0.15) is 11.3 Å². The van der Waals surface area contributed by atoms with E-state index in [0.29, 0.717) is 13.0 Å². The average molecular weight is 367 g/mol. The Hall–Kier alpha value is -2.44. The molecule has 0 fully saturated rings. The predicted octanol–water partition coefficient (Wildman–Crippen LogP) is 4.25. The molecule has 126 valence electrons. The summed E-state index contributed by atoms with van der Waals surface area (Å²) in [7, 11) is 0. The monoisotopic (exact) mass is 367 g/mol. The van der Waals surface area contributed by atoms with Gasteiger partial charge >= 0.3 is 0 Å². The molecule has 1 amide bonds. The SMILES string of the molecule is O=C(Cc1csc(-c2ccsc2)n1)NCCc1c[nH]c2ccccc12. The van der Waals surface area contributed by atoms with Crippen LogP contribution in [0.2, 0.25) is 0 Å². The molecule has 25 heavy (non-hydrogen) atoms. The molecule has 0 unspecified atom stereocenters. The van der Waals surface area contributed by atoms with Crippen molar-refractivity contribution in [3.05, 3.63) is 63.9 Å². The zero-order valence-corrected chi connectivity index (χ0v) is 15.1. The molecule has 0 atom stereocenters. The standard InChI is InChI=1S/C19H17N3OS2/c23-18(9-15-12-25-19(22-15)14-6-8-24-11-14)20-7-5-13-10-21-17-4-2-1-3-16(13)17/h1-4,6,8,10-12,21H,5,7,9H2,(H,20,23). The van der Waals surface area contributed by atoms with Crippen LogP contribution in [0.3, 0.4) is 0 Å². The average Bonchev–Trinajstić information content (AvgIpc) is 3.35. The Labute approximate surface area is 153 Å². The number of hydrogen-bond donors (Lipinski definition) is 2. The third-order valence-electron chi connectivity index (χ3n) is 4.05. The molecule has 4 rings (SSSR count). The summed E-state index contributed by atoms with van der Waals surface area (Å²) in [6.45, 7) is 0.627. The Kier molecular flexibility index (Phi) is 4.63. The summed E-state index contributed by atoms with van der Waals surface area (Å²) in [5.41, 5.74) is 4.31. The number of carbonyl (C=O) groups excluding carboxylic acids is 1. The van der Waals surface area contributed by atoms with E-state index in [0.717, 1.165) is 28.2 Å². The Balaban J connectivity index is 1.31. The molecule has 3 aromatic heterocycles. The number of thiazole rings is 1. The van der Waals surface area contributed by atoms with Crippen molar-refractivity contribution in [1.29, 1.82) is 0 Å². The Bertz CT molecular complexity index is 985. The zero-order valence-electron chi connectivity index (χ0n) is 13.5. The van der Waals surface area contributed by atoms with Crippen LogP contribution in [0, 0.1) is 0 Å². The zero-order chi connectivity index (χ0) is 17.1. The fourth-order valence-electron chi connectivity index (χ4n) is 2.81. The van der Waals surface area contributed by atoms with Gasteiger partial charge in [-0.05, 0) is 29.5 Å². The van der Waals surface area contributed by atoms with Gasteiger partial charge in [-0.25, -0.2) is 4.98 Å². The molecule has 2 N–H and O–H groups in total. The second-order valence-corrected chi connectivity index (χ2v) is 7.43. The van der Waals surface area contributed by atoms with Gasteiger partial charge in [0.05, 0.1) is 12.1 Å². The maximum absolute atomic E-state index is 12.1. The number of H-pyrrole nitrogens is 1. The molecule has 0 radical (unpaired) electrons. The van der Waals surface area contributed by atoms with Crippen LogP contribution in [-0.4, -0.2) is 22.4 Å². The number of para-hydroxylation sites is 1. The van der Waals surface area contributed by atoms with Crippen molar-refractivity contribution in [3.63, 3.8) is 0 Å². The number of fused-ring (bicyclic) bond motifs is 1. The van der Waals surface area contributed by atoms with E-state index in [1.165, 1.54) is 10.9 Å². The maximum atomic E-state index is 12.1. The summed E-state index contributed by atoms with van der Waals surface area (Å²) < 4.78 is 0. The van der Waals surface area contributed by atoms with Crippen molar-refractivity contribution in [2.45, 2.75) is 12.8 Å². The maximum Gasteiger partial charge on any atom is 0.226 e. The van der Waals surface area contributed by atoms with Crippen LogP contribution in [0.25, 0.3) is 21.5 Å². The molecule has 0 bridgehead atoms. The number of nitrogens with zero attached hydrogens (tertiary/aromatic N) is 1. The van der Waals surface area contributed by atoms with Gasteiger partial charge in [0.15, 0.2) is 0 Å². The molecular formula is C19H17N3OS2. The number of nitrogens with one attached hydrogen (secondary N) is 2. The van der Waals surface area contributed by atoms with Gasteiger partial charge in [-0.2, -0.15) is 11.3 Å². The second-order valence-electron chi connectivity index (χ2n) is 5.79. The minimum absolute atomic E-state index is 0.0157. The first-order valence-electron chi connectivity index (χ1n) is 8.08. The molecule has 4 nitrogen and oxygen atoms in total. The number of amides is 1. The molecule has 1 aromatic carbocycles.